The van der Waals surface area contributed by atoms with Crippen molar-refractivity contribution in [1.29, 1.82) is 0 Å². The Morgan fingerprint density at radius 2 is 1.02 bits per heavy atom. The van der Waals surface area contributed by atoms with E-state index in [-0.39, 0.29) is 11.3 Å². The van der Waals surface area contributed by atoms with Crippen LogP contribution >= 0.6 is 0 Å². The molecule has 1 unspecified atom stereocenters. The van der Waals surface area contributed by atoms with Crippen LogP contribution in [0.2, 0.25) is 0 Å². The lowest BCUT2D eigenvalue weighted by Gasteiger charge is -2.28. The van der Waals surface area contributed by atoms with Gasteiger partial charge in [-0.25, -0.2) is 0 Å². The van der Waals surface area contributed by atoms with Gasteiger partial charge < -0.3 is 13.7 Å². The van der Waals surface area contributed by atoms with Crippen molar-refractivity contribution in [1.82, 2.24) is 4.98 Å². The first kappa shape index (κ1) is 59.2. The molecule has 3 heterocycles. The van der Waals surface area contributed by atoms with Crippen LogP contribution in [0.15, 0.2) is 300 Å². The predicted molar refractivity (Wildman–Crippen MR) is 427 cm³/mol. The van der Waals surface area contributed by atoms with Crippen molar-refractivity contribution in [3.63, 3.8) is 0 Å². The van der Waals surface area contributed by atoms with Crippen LogP contribution in [0.1, 0.15) is 98.2 Å². The molecule has 0 saturated heterocycles. The van der Waals surface area contributed by atoms with Crippen molar-refractivity contribution in [3.05, 3.63) is 325 Å². The number of benzene rings is 15. The summed E-state index contributed by atoms with van der Waals surface area (Å²) in [6, 6.07) is 109. The second-order valence-corrected chi connectivity index (χ2v) is 29.5. The van der Waals surface area contributed by atoms with Gasteiger partial charge in [-0.3, -0.25) is 4.98 Å². The first-order valence-corrected chi connectivity index (χ1v) is 36.0. The van der Waals surface area contributed by atoms with Gasteiger partial charge in [-0.15, -0.1) is 0 Å². The summed E-state index contributed by atoms with van der Waals surface area (Å²) in [5.74, 6) is 0.159. The van der Waals surface area contributed by atoms with Gasteiger partial charge in [0.15, 0.2) is 0 Å². The Kier molecular flexibility index (Phi) is 13.6. The number of hydrogen-bond donors (Lipinski definition) is 0. The van der Waals surface area contributed by atoms with Crippen LogP contribution in [0.5, 0.6) is 0 Å². The molecule has 19 aromatic rings. The van der Waals surface area contributed by atoms with Gasteiger partial charge in [-0.1, -0.05) is 240 Å². The minimum atomic E-state index is -0.292. The SMILES string of the molecule is Cc1cccc(N(c2cc3oc4c(C(c5ccccc5)c5c6ccccc6cc6cc(-c7cccc8cc9ccccc9cc78)ccc56)ccc5c6cc(-c7cccc(C8CCCCC8)n7)cc7oc8cc(C(C)(C)C)cc(c(c2)c3c45)c8c76)c2ccc(-c3ccccc3)c3ccccc23)c1. The number of hydrogen-bond acceptors (Lipinski definition) is 4. The van der Waals surface area contributed by atoms with E-state index in [1.165, 1.54) is 131 Å². The maximum atomic E-state index is 8.14. The third kappa shape index (κ3) is 9.67. The van der Waals surface area contributed by atoms with Gasteiger partial charge in [0.05, 0.1) is 17.1 Å². The third-order valence-corrected chi connectivity index (χ3v) is 22.4. The largest absolute Gasteiger partial charge is 0.456 e. The van der Waals surface area contributed by atoms with Crippen LogP contribution in [-0.4, -0.2) is 4.98 Å². The molecule has 0 bridgehead atoms. The summed E-state index contributed by atoms with van der Waals surface area (Å²) in [7, 11) is 0. The van der Waals surface area contributed by atoms with E-state index >= 15 is 0 Å². The molecular formula is C97H72N2O2. The lowest BCUT2D eigenvalue weighted by Crippen LogP contribution is -2.11. The van der Waals surface area contributed by atoms with E-state index in [1.54, 1.807) is 0 Å². The number of aromatic nitrogens is 1. The van der Waals surface area contributed by atoms with Crippen LogP contribution in [-0.2, 0) is 5.41 Å². The number of aryl methyl sites for hydroxylation is 1. The fourth-order valence-electron chi connectivity index (χ4n) is 17.6. The lowest BCUT2D eigenvalue weighted by molar-refractivity contribution is 0.437. The molecule has 1 atom stereocenters. The van der Waals surface area contributed by atoms with Gasteiger partial charge in [0.2, 0.25) is 0 Å². The first-order valence-electron chi connectivity index (χ1n) is 36.0. The minimum Gasteiger partial charge on any atom is -0.456 e. The normalized spacial score (nSPS) is 13.7. The van der Waals surface area contributed by atoms with Crippen LogP contribution in [0.25, 0.3) is 153 Å². The smallest absolute Gasteiger partial charge is 0.140 e. The fraction of sp³-hybridized carbons (Fsp3) is 0.124. The molecule has 20 rings (SSSR count). The summed E-state index contributed by atoms with van der Waals surface area (Å²) < 4.78 is 15.6. The van der Waals surface area contributed by atoms with Gasteiger partial charge in [0.1, 0.15) is 22.3 Å². The summed E-state index contributed by atoms with van der Waals surface area (Å²) in [5.41, 5.74) is 20.1. The highest BCUT2D eigenvalue weighted by Gasteiger charge is 2.32. The fourth-order valence-corrected chi connectivity index (χ4v) is 17.6. The molecule has 0 N–H and O–H groups in total. The number of fused-ring (bicyclic) bond motifs is 7. The van der Waals surface area contributed by atoms with Crippen molar-refractivity contribution >= 4 is 136 Å². The van der Waals surface area contributed by atoms with Gasteiger partial charge in [-0.2, -0.15) is 0 Å². The average Bonchev–Trinajstić information content (AvgIpc) is 1.57. The minimum absolute atomic E-state index is 0.237. The highest BCUT2D eigenvalue weighted by atomic mass is 16.3. The van der Waals surface area contributed by atoms with Crippen LogP contribution < -0.4 is 4.90 Å². The quantitative estimate of drug-likeness (QED) is 0.101. The molecule has 4 nitrogen and oxygen atoms in total. The highest BCUT2D eigenvalue weighted by molar-refractivity contribution is 6.37. The summed E-state index contributed by atoms with van der Waals surface area (Å²) in [4.78, 5) is 8.05. The second-order valence-electron chi connectivity index (χ2n) is 29.5. The van der Waals surface area contributed by atoms with Gasteiger partial charge in [0, 0.05) is 67.3 Å². The Hall–Kier alpha value is -11.9. The van der Waals surface area contributed by atoms with Crippen LogP contribution in [0.3, 0.4) is 0 Å². The van der Waals surface area contributed by atoms with E-state index in [2.05, 4.69) is 324 Å². The lowest BCUT2D eigenvalue weighted by atomic mass is 9.78. The number of furan rings is 2. The number of anilines is 3. The molecule has 1 saturated carbocycles. The molecule has 0 amide bonds. The Balaban J connectivity index is 0.914. The summed E-state index contributed by atoms with van der Waals surface area (Å²) >= 11 is 0. The van der Waals surface area contributed by atoms with E-state index in [0.717, 1.165) is 105 Å². The maximum Gasteiger partial charge on any atom is 0.140 e. The molecule has 16 aromatic carbocycles. The van der Waals surface area contributed by atoms with Crippen molar-refractivity contribution in [2.75, 3.05) is 4.90 Å². The molecule has 0 radical (unpaired) electrons. The number of pyridine rings is 1. The second kappa shape index (κ2) is 23.1. The molecule has 0 spiro atoms. The van der Waals surface area contributed by atoms with Crippen molar-refractivity contribution < 1.29 is 8.83 Å². The van der Waals surface area contributed by atoms with E-state index in [1.807, 2.05) is 0 Å². The molecule has 1 fully saturated rings. The highest BCUT2D eigenvalue weighted by Crippen LogP contribution is 2.54. The summed E-state index contributed by atoms with van der Waals surface area (Å²) in [6.45, 7) is 9.16. The molecule has 1 aliphatic carbocycles. The van der Waals surface area contributed by atoms with Crippen LogP contribution in [0, 0.1) is 6.92 Å². The number of rotatable bonds is 10. The van der Waals surface area contributed by atoms with E-state index in [4.69, 9.17) is 13.8 Å². The molecular weight excluding hydrogens is 1230 g/mol. The summed E-state index contributed by atoms with van der Waals surface area (Å²) in [6.07, 6.45) is 6.13. The van der Waals surface area contributed by atoms with Gasteiger partial charge in [-0.05, 0) is 225 Å². The van der Waals surface area contributed by atoms with Crippen LogP contribution in [0.4, 0.5) is 17.1 Å². The van der Waals surface area contributed by atoms with Crippen molar-refractivity contribution in [3.8, 4) is 33.5 Å². The Morgan fingerprint density at radius 3 is 1.83 bits per heavy atom. The Labute approximate surface area is 586 Å². The Bertz CT molecular complexity index is 6560. The molecule has 101 heavy (non-hydrogen) atoms. The maximum absolute atomic E-state index is 8.14. The molecule has 1 aliphatic rings. The van der Waals surface area contributed by atoms with Gasteiger partial charge in [0.25, 0.3) is 0 Å². The Morgan fingerprint density at radius 1 is 0.386 bits per heavy atom. The van der Waals surface area contributed by atoms with Gasteiger partial charge >= 0.3 is 0 Å². The van der Waals surface area contributed by atoms with Crippen molar-refractivity contribution in [2.45, 2.75) is 77.0 Å². The monoisotopic (exact) mass is 1300 g/mol. The topological polar surface area (TPSA) is 42.4 Å². The zero-order valence-corrected chi connectivity index (χ0v) is 57.1. The van der Waals surface area contributed by atoms with E-state index < -0.39 is 0 Å². The molecule has 4 heteroatoms. The molecule has 3 aromatic heterocycles. The number of nitrogens with zero attached hydrogens (tertiary/aromatic N) is 2. The third-order valence-electron chi connectivity index (χ3n) is 22.4. The predicted octanol–water partition coefficient (Wildman–Crippen LogP) is 27.7. The zero-order valence-electron chi connectivity index (χ0n) is 57.1. The molecule has 0 aliphatic heterocycles. The average molecular weight is 1300 g/mol. The van der Waals surface area contributed by atoms with E-state index in [0.29, 0.717) is 5.92 Å². The summed E-state index contributed by atoms with van der Waals surface area (Å²) in [5, 5.41) is 20.8. The van der Waals surface area contributed by atoms with Crippen molar-refractivity contribution in [2.24, 2.45) is 0 Å². The van der Waals surface area contributed by atoms with E-state index in [9.17, 15) is 0 Å². The standard InChI is InChI=1S/C97H72N2O2/c1-58-23-20-34-70(47-58)99(86-46-45-73(59-24-8-5-9-25-59)76-36-18-19-37-77(76)86)71-56-83-82-54-69(97(2,3)4)55-88-93(82)92-81(52-68(53-87(92)100-88)85-40-22-39-84(98-85)60-26-10-6-11-27-60)78-43-44-79(96-95(78)94(83)89(57-71)101-96)90(61-28-12-7-13-29-61)91-74-35-17-16-32-64(74)49-67-50-66(41-42-75(67)91)72-38-21-33-65-48-62-30-14-15-31-63(62)51-80(65)72/h5,7-9,12-25,28-57,60,90H,6,10-11,26-27H2,1-4H3. The molecule has 482 valence electrons. The zero-order chi connectivity index (χ0) is 67.2. The first-order chi connectivity index (χ1) is 49.6.